The average Bonchev–Trinajstić information content (AvgIpc) is 2.69. The molecule has 1 aromatic rings. The fourth-order valence-electron chi connectivity index (χ4n) is 2.15. The van der Waals surface area contributed by atoms with Gasteiger partial charge in [-0.05, 0) is 30.5 Å². The SMILES string of the molecule is CCN1CCc2cc(C(O)C(F)F)ccc21. The van der Waals surface area contributed by atoms with Crippen LogP contribution in [0, 0.1) is 0 Å². The third-order valence-electron chi connectivity index (χ3n) is 3.06. The van der Waals surface area contributed by atoms with Crippen LogP contribution in [0.25, 0.3) is 0 Å². The van der Waals surface area contributed by atoms with Crippen LogP contribution in [0.15, 0.2) is 18.2 Å². The first kappa shape index (κ1) is 11.3. The Hall–Kier alpha value is -1.16. The van der Waals surface area contributed by atoms with Gasteiger partial charge in [-0.15, -0.1) is 0 Å². The Bertz CT molecular complexity index is 381. The van der Waals surface area contributed by atoms with E-state index in [1.807, 2.05) is 6.07 Å². The molecule has 1 aromatic carbocycles. The topological polar surface area (TPSA) is 23.5 Å². The van der Waals surface area contributed by atoms with Crippen LogP contribution in [0.1, 0.15) is 24.2 Å². The van der Waals surface area contributed by atoms with Gasteiger partial charge in [-0.3, -0.25) is 0 Å². The molecular weight excluding hydrogens is 212 g/mol. The molecule has 0 bridgehead atoms. The predicted octanol–water partition coefficient (Wildman–Crippen LogP) is 2.37. The van der Waals surface area contributed by atoms with Crippen molar-refractivity contribution in [1.82, 2.24) is 0 Å². The smallest absolute Gasteiger partial charge is 0.268 e. The number of fused-ring (bicyclic) bond motifs is 1. The number of nitrogens with zero attached hydrogens (tertiary/aromatic N) is 1. The molecule has 0 radical (unpaired) electrons. The molecule has 0 spiro atoms. The van der Waals surface area contributed by atoms with Gasteiger partial charge in [-0.25, -0.2) is 8.78 Å². The van der Waals surface area contributed by atoms with Gasteiger partial charge < -0.3 is 10.0 Å². The highest BCUT2D eigenvalue weighted by molar-refractivity contribution is 5.59. The summed E-state index contributed by atoms with van der Waals surface area (Å²) in [7, 11) is 0. The van der Waals surface area contributed by atoms with Crippen LogP contribution in [-0.2, 0) is 6.42 Å². The number of halogens is 2. The fourth-order valence-corrected chi connectivity index (χ4v) is 2.15. The van der Waals surface area contributed by atoms with E-state index in [1.165, 1.54) is 0 Å². The van der Waals surface area contributed by atoms with Gasteiger partial charge in [0.1, 0.15) is 6.10 Å². The normalized spacial score (nSPS) is 16.7. The first-order valence-corrected chi connectivity index (χ1v) is 5.47. The second-order valence-electron chi connectivity index (χ2n) is 4.00. The Balaban J connectivity index is 2.28. The highest BCUT2D eigenvalue weighted by atomic mass is 19.3. The summed E-state index contributed by atoms with van der Waals surface area (Å²) in [6.07, 6.45) is -3.52. The van der Waals surface area contributed by atoms with Gasteiger partial charge in [0.2, 0.25) is 0 Å². The van der Waals surface area contributed by atoms with Crippen molar-refractivity contribution in [2.24, 2.45) is 0 Å². The lowest BCUT2D eigenvalue weighted by molar-refractivity contribution is -0.00579. The molecule has 1 unspecified atom stereocenters. The van der Waals surface area contributed by atoms with Gasteiger partial charge in [-0.1, -0.05) is 12.1 Å². The molecule has 88 valence electrons. The van der Waals surface area contributed by atoms with E-state index >= 15 is 0 Å². The monoisotopic (exact) mass is 227 g/mol. The third-order valence-corrected chi connectivity index (χ3v) is 3.06. The van der Waals surface area contributed by atoms with Gasteiger partial charge >= 0.3 is 0 Å². The van der Waals surface area contributed by atoms with Gasteiger partial charge in [0.15, 0.2) is 0 Å². The van der Waals surface area contributed by atoms with E-state index in [0.29, 0.717) is 5.56 Å². The van der Waals surface area contributed by atoms with E-state index in [0.717, 1.165) is 30.8 Å². The number of alkyl halides is 2. The second kappa shape index (κ2) is 4.37. The lowest BCUT2D eigenvalue weighted by atomic mass is 10.0. The quantitative estimate of drug-likeness (QED) is 0.857. The van der Waals surface area contributed by atoms with Crippen molar-refractivity contribution in [3.63, 3.8) is 0 Å². The lowest BCUT2D eigenvalue weighted by Crippen LogP contribution is -2.19. The molecule has 1 atom stereocenters. The van der Waals surface area contributed by atoms with Crippen LogP contribution >= 0.6 is 0 Å². The van der Waals surface area contributed by atoms with Gasteiger partial charge in [0.05, 0.1) is 0 Å². The average molecular weight is 227 g/mol. The number of aliphatic hydroxyl groups is 1. The number of likely N-dealkylation sites (N-methyl/N-ethyl adjacent to an activating group) is 1. The van der Waals surface area contributed by atoms with Crippen LogP contribution in [0.2, 0.25) is 0 Å². The highest BCUT2D eigenvalue weighted by Gasteiger charge is 2.23. The van der Waals surface area contributed by atoms with Gasteiger partial charge in [0.25, 0.3) is 6.43 Å². The molecular formula is C12H15F2NO. The summed E-state index contributed by atoms with van der Waals surface area (Å²) in [6.45, 7) is 3.92. The van der Waals surface area contributed by atoms with E-state index < -0.39 is 12.5 Å². The summed E-state index contributed by atoms with van der Waals surface area (Å²) >= 11 is 0. The molecule has 4 heteroatoms. The molecule has 0 fully saturated rings. The highest BCUT2D eigenvalue weighted by Crippen LogP contribution is 2.31. The van der Waals surface area contributed by atoms with E-state index in [-0.39, 0.29) is 0 Å². The van der Waals surface area contributed by atoms with E-state index in [2.05, 4.69) is 11.8 Å². The van der Waals surface area contributed by atoms with Crippen LogP contribution in [0.4, 0.5) is 14.5 Å². The van der Waals surface area contributed by atoms with Crippen molar-refractivity contribution in [1.29, 1.82) is 0 Å². The van der Waals surface area contributed by atoms with Crippen molar-refractivity contribution < 1.29 is 13.9 Å². The Labute approximate surface area is 93.5 Å². The second-order valence-corrected chi connectivity index (χ2v) is 4.00. The zero-order valence-electron chi connectivity index (χ0n) is 9.16. The zero-order chi connectivity index (χ0) is 11.7. The van der Waals surface area contributed by atoms with Gasteiger partial charge in [0, 0.05) is 18.8 Å². The van der Waals surface area contributed by atoms with Crippen molar-refractivity contribution in [3.8, 4) is 0 Å². The molecule has 0 aliphatic carbocycles. The molecule has 1 aliphatic heterocycles. The molecule has 1 heterocycles. The van der Waals surface area contributed by atoms with Crippen molar-refractivity contribution in [2.45, 2.75) is 25.9 Å². The number of anilines is 1. The third kappa shape index (κ3) is 1.89. The Morgan fingerprint density at radius 3 is 2.81 bits per heavy atom. The maximum atomic E-state index is 12.3. The largest absolute Gasteiger partial charge is 0.382 e. The number of hydrogen-bond acceptors (Lipinski definition) is 2. The number of rotatable bonds is 3. The van der Waals surface area contributed by atoms with Gasteiger partial charge in [-0.2, -0.15) is 0 Å². The minimum absolute atomic E-state index is 0.312. The number of benzene rings is 1. The molecule has 16 heavy (non-hydrogen) atoms. The van der Waals surface area contributed by atoms with Crippen LogP contribution in [-0.4, -0.2) is 24.6 Å². The Morgan fingerprint density at radius 1 is 1.44 bits per heavy atom. The molecule has 0 amide bonds. The summed E-state index contributed by atoms with van der Waals surface area (Å²) in [5.74, 6) is 0. The molecule has 2 rings (SSSR count). The first-order chi connectivity index (χ1) is 7.63. The summed E-state index contributed by atoms with van der Waals surface area (Å²) in [4.78, 5) is 2.20. The van der Waals surface area contributed by atoms with E-state index in [9.17, 15) is 13.9 Å². The summed E-state index contributed by atoms with van der Waals surface area (Å²) in [5.41, 5.74) is 2.47. The molecule has 2 nitrogen and oxygen atoms in total. The van der Waals surface area contributed by atoms with Crippen molar-refractivity contribution in [2.75, 3.05) is 18.0 Å². The molecule has 0 aromatic heterocycles. The molecule has 0 saturated heterocycles. The maximum absolute atomic E-state index is 12.3. The van der Waals surface area contributed by atoms with Crippen LogP contribution < -0.4 is 4.90 Å². The Morgan fingerprint density at radius 2 is 2.19 bits per heavy atom. The predicted molar refractivity (Wildman–Crippen MR) is 59.0 cm³/mol. The number of aliphatic hydroxyl groups excluding tert-OH is 1. The molecule has 0 saturated carbocycles. The van der Waals surface area contributed by atoms with Crippen molar-refractivity contribution in [3.05, 3.63) is 29.3 Å². The fraction of sp³-hybridized carbons (Fsp3) is 0.500. The van der Waals surface area contributed by atoms with E-state index in [4.69, 9.17) is 0 Å². The molecule has 1 N–H and O–H groups in total. The van der Waals surface area contributed by atoms with Crippen molar-refractivity contribution >= 4 is 5.69 Å². The Kier molecular flexibility index (Phi) is 3.10. The van der Waals surface area contributed by atoms with Crippen LogP contribution in [0.5, 0.6) is 0 Å². The summed E-state index contributed by atoms with van der Waals surface area (Å²) < 4.78 is 24.7. The van der Waals surface area contributed by atoms with E-state index in [1.54, 1.807) is 12.1 Å². The minimum Gasteiger partial charge on any atom is -0.382 e. The van der Waals surface area contributed by atoms with Crippen LogP contribution in [0.3, 0.4) is 0 Å². The minimum atomic E-state index is -2.72. The maximum Gasteiger partial charge on any atom is 0.268 e. The first-order valence-electron chi connectivity index (χ1n) is 5.47. The lowest BCUT2D eigenvalue weighted by Gasteiger charge is -2.17. The summed E-state index contributed by atoms with van der Waals surface area (Å²) in [5, 5.41) is 9.29. The zero-order valence-corrected chi connectivity index (χ0v) is 9.16. The summed E-state index contributed by atoms with van der Waals surface area (Å²) in [6, 6.07) is 5.11. The standard InChI is InChI=1S/C12H15F2NO/c1-2-15-6-5-8-7-9(3-4-10(8)15)11(16)12(13)14/h3-4,7,11-12,16H,2,5-6H2,1H3. The number of hydrogen-bond donors (Lipinski definition) is 1. The molecule has 1 aliphatic rings.